The van der Waals surface area contributed by atoms with Gasteiger partial charge in [0.25, 0.3) is 0 Å². The number of amides is 2. The smallest absolute Gasteiger partial charge is 0.243 e. The van der Waals surface area contributed by atoms with E-state index in [1.54, 1.807) is 13.1 Å². The number of hydrogen-bond donors (Lipinski definition) is 2. The third-order valence-electron chi connectivity index (χ3n) is 0.984. The van der Waals surface area contributed by atoms with Gasteiger partial charge in [-0.1, -0.05) is 6.08 Å². The molecular weight excluding hydrogens is 144 g/mol. The summed E-state index contributed by atoms with van der Waals surface area (Å²) in [5.41, 5.74) is 0. The number of nitrogens with one attached hydrogen (secondary N) is 2. The Morgan fingerprint density at radius 3 is 2.55 bits per heavy atom. The highest BCUT2D eigenvalue weighted by Gasteiger charge is 1.87. The molecule has 0 bridgehead atoms. The summed E-state index contributed by atoms with van der Waals surface area (Å²) in [7, 11) is 1.55. The van der Waals surface area contributed by atoms with E-state index >= 15 is 0 Å². The molecule has 0 unspecified atom stereocenters. The molecule has 0 heterocycles. The molecule has 2 N–H and O–H groups in total. The molecule has 0 saturated carbocycles. The average molecular weight is 156 g/mol. The molecule has 4 nitrogen and oxygen atoms in total. The first-order chi connectivity index (χ1) is 5.16. The van der Waals surface area contributed by atoms with E-state index < -0.39 is 0 Å². The summed E-state index contributed by atoms with van der Waals surface area (Å²) >= 11 is 0. The van der Waals surface area contributed by atoms with Gasteiger partial charge in [0.1, 0.15) is 0 Å². The van der Waals surface area contributed by atoms with E-state index in [0.29, 0.717) is 6.54 Å². The van der Waals surface area contributed by atoms with Crippen molar-refractivity contribution in [3.05, 3.63) is 12.2 Å². The summed E-state index contributed by atoms with van der Waals surface area (Å²) < 4.78 is 0. The summed E-state index contributed by atoms with van der Waals surface area (Å²) in [6.45, 7) is 1.82. The van der Waals surface area contributed by atoms with Crippen LogP contribution in [-0.2, 0) is 9.59 Å². The van der Waals surface area contributed by atoms with Crippen LogP contribution < -0.4 is 10.6 Å². The van der Waals surface area contributed by atoms with Crippen molar-refractivity contribution in [3.63, 3.8) is 0 Å². The van der Waals surface area contributed by atoms with Crippen LogP contribution in [0.3, 0.4) is 0 Å². The Bertz CT molecular complexity index is 175. The normalized spacial score (nSPS) is 9.64. The molecule has 0 aliphatic heterocycles. The van der Waals surface area contributed by atoms with Crippen molar-refractivity contribution in [1.82, 2.24) is 10.6 Å². The van der Waals surface area contributed by atoms with E-state index in [1.807, 2.05) is 0 Å². The van der Waals surface area contributed by atoms with Crippen LogP contribution in [0.4, 0.5) is 0 Å². The zero-order valence-corrected chi connectivity index (χ0v) is 6.68. The van der Waals surface area contributed by atoms with E-state index in [-0.39, 0.29) is 11.8 Å². The van der Waals surface area contributed by atoms with Crippen molar-refractivity contribution in [3.8, 4) is 0 Å². The van der Waals surface area contributed by atoms with E-state index in [4.69, 9.17) is 0 Å². The Balaban J connectivity index is 3.45. The van der Waals surface area contributed by atoms with Gasteiger partial charge in [0.2, 0.25) is 11.8 Å². The SMILES string of the molecule is CNC(=O)/C=C\CNC(C)=O. The van der Waals surface area contributed by atoms with Crippen molar-refractivity contribution in [2.75, 3.05) is 13.6 Å². The quantitative estimate of drug-likeness (QED) is 0.537. The lowest BCUT2D eigenvalue weighted by atomic mass is 10.4. The van der Waals surface area contributed by atoms with Gasteiger partial charge in [-0.05, 0) is 0 Å². The summed E-state index contributed by atoms with van der Waals surface area (Å²) in [6.07, 6.45) is 2.95. The number of carbonyl (C=O) groups excluding carboxylic acids is 2. The summed E-state index contributed by atoms with van der Waals surface area (Å²) in [5.74, 6) is -0.276. The lowest BCUT2D eigenvalue weighted by Gasteiger charge is -1.93. The largest absolute Gasteiger partial charge is 0.356 e. The van der Waals surface area contributed by atoms with E-state index in [1.165, 1.54) is 13.0 Å². The second-order valence-corrected chi connectivity index (χ2v) is 1.95. The maximum atomic E-state index is 10.5. The zero-order valence-electron chi connectivity index (χ0n) is 6.68. The van der Waals surface area contributed by atoms with Crippen molar-refractivity contribution >= 4 is 11.8 Å². The Morgan fingerprint density at radius 1 is 1.45 bits per heavy atom. The Morgan fingerprint density at radius 2 is 2.09 bits per heavy atom. The molecule has 0 rings (SSSR count). The molecule has 0 spiro atoms. The molecule has 0 aromatic carbocycles. The molecule has 2 amide bonds. The fraction of sp³-hybridized carbons (Fsp3) is 0.429. The van der Waals surface area contributed by atoms with Crippen molar-refractivity contribution in [2.24, 2.45) is 0 Å². The van der Waals surface area contributed by atoms with E-state index in [9.17, 15) is 9.59 Å². The van der Waals surface area contributed by atoms with Gasteiger partial charge < -0.3 is 10.6 Å². The Hall–Kier alpha value is -1.32. The van der Waals surface area contributed by atoms with E-state index in [2.05, 4.69) is 10.6 Å². The van der Waals surface area contributed by atoms with Crippen LogP contribution in [-0.4, -0.2) is 25.4 Å². The van der Waals surface area contributed by atoms with Crippen LogP contribution >= 0.6 is 0 Å². The average Bonchev–Trinajstić information content (AvgIpc) is 1.97. The maximum absolute atomic E-state index is 10.5. The highest BCUT2D eigenvalue weighted by Crippen LogP contribution is 1.70. The van der Waals surface area contributed by atoms with E-state index in [0.717, 1.165) is 0 Å². The monoisotopic (exact) mass is 156 g/mol. The molecule has 0 radical (unpaired) electrons. The first-order valence-electron chi connectivity index (χ1n) is 3.29. The van der Waals surface area contributed by atoms with Gasteiger partial charge in [0.05, 0.1) is 0 Å². The molecule has 0 aliphatic carbocycles. The van der Waals surface area contributed by atoms with Crippen molar-refractivity contribution in [2.45, 2.75) is 6.92 Å². The number of hydrogen-bond acceptors (Lipinski definition) is 2. The predicted molar refractivity (Wildman–Crippen MR) is 41.9 cm³/mol. The van der Waals surface area contributed by atoms with Gasteiger partial charge in [-0.25, -0.2) is 0 Å². The molecule has 0 atom stereocenters. The summed E-state index contributed by atoms with van der Waals surface area (Å²) in [5, 5.41) is 4.93. The van der Waals surface area contributed by atoms with Gasteiger partial charge in [-0.15, -0.1) is 0 Å². The fourth-order valence-corrected chi connectivity index (χ4v) is 0.452. The molecule has 0 saturated heterocycles. The first-order valence-corrected chi connectivity index (χ1v) is 3.29. The lowest BCUT2D eigenvalue weighted by molar-refractivity contribution is -0.119. The second kappa shape index (κ2) is 5.46. The van der Waals surface area contributed by atoms with Crippen molar-refractivity contribution < 1.29 is 9.59 Å². The minimum atomic E-state index is -0.171. The molecule has 0 aromatic rings. The van der Waals surface area contributed by atoms with Crippen LogP contribution in [0.15, 0.2) is 12.2 Å². The van der Waals surface area contributed by atoms with Gasteiger partial charge >= 0.3 is 0 Å². The van der Waals surface area contributed by atoms with Gasteiger partial charge in [-0.3, -0.25) is 9.59 Å². The molecule has 4 heteroatoms. The summed E-state index contributed by atoms with van der Waals surface area (Å²) in [4.78, 5) is 20.9. The zero-order chi connectivity index (χ0) is 8.69. The van der Waals surface area contributed by atoms with Gasteiger partial charge in [-0.2, -0.15) is 0 Å². The van der Waals surface area contributed by atoms with Crippen LogP contribution in [0.2, 0.25) is 0 Å². The Kier molecular flexibility index (Phi) is 4.81. The molecular formula is C7H12N2O2. The van der Waals surface area contributed by atoms with Gasteiger partial charge in [0, 0.05) is 26.6 Å². The fourth-order valence-electron chi connectivity index (χ4n) is 0.452. The highest BCUT2D eigenvalue weighted by atomic mass is 16.2. The Labute approximate surface area is 65.7 Å². The highest BCUT2D eigenvalue weighted by molar-refractivity contribution is 5.87. The predicted octanol–water partition coefficient (Wildman–Crippen LogP) is -0.575. The second-order valence-electron chi connectivity index (χ2n) is 1.95. The van der Waals surface area contributed by atoms with Crippen LogP contribution in [0.1, 0.15) is 6.92 Å². The van der Waals surface area contributed by atoms with Crippen molar-refractivity contribution in [1.29, 1.82) is 0 Å². The number of carbonyl (C=O) groups is 2. The number of rotatable bonds is 3. The standard InChI is InChI=1S/C7H12N2O2/c1-6(10)9-5-3-4-7(11)8-2/h3-4H,5H2,1-2H3,(H,8,11)(H,9,10)/b4-3-. The third-order valence-corrected chi connectivity index (χ3v) is 0.984. The van der Waals surface area contributed by atoms with Crippen LogP contribution in [0, 0.1) is 0 Å². The minimum Gasteiger partial charge on any atom is -0.356 e. The maximum Gasteiger partial charge on any atom is 0.243 e. The van der Waals surface area contributed by atoms with Crippen LogP contribution in [0.5, 0.6) is 0 Å². The molecule has 0 fully saturated rings. The van der Waals surface area contributed by atoms with Crippen LogP contribution in [0.25, 0.3) is 0 Å². The number of likely N-dealkylation sites (N-methyl/N-ethyl adjacent to an activating group) is 1. The third kappa shape index (κ3) is 6.57. The van der Waals surface area contributed by atoms with Gasteiger partial charge in [0.15, 0.2) is 0 Å². The first kappa shape index (κ1) is 9.68. The summed E-state index contributed by atoms with van der Waals surface area (Å²) in [6, 6.07) is 0. The molecule has 0 aliphatic rings. The topological polar surface area (TPSA) is 58.2 Å². The molecule has 62 valence electrons. The molecule has 11 heavy (non-hydrogen) atoms. The molecule has 0 aromatic heterocycles. The minimum absolute atomic E-state index is 0.105. The lowest BCUT2D eigenvalue weighted by Crippen LogP contribution is -2.20.